The molecule has 1 unspecified atom stereocenters. The van der Waals surface area contributed by atoms with Crippen molar-refractivity contribution in [2.75, 3.05) is 7.11 Å². The number of ether oxygens (including phenoxy) is 1. The van der Waals surface area contributed by atoms with E-state index in [1.165, 1.54) is 0 Å². The standard InChI is InChI=1S/C34H38N2O3S/c1-23-12-18-28(19-13-23)40(37,38)36-31(24-14-16-27(39-7)17-15-24)29-20-25-10-8-9-11-26(25)21-30(29)32(36)35-34(5,6)22-33(2,3)4/h8-21,31H,22H2,1-7H3. The van der Waals surface area contributed by atoms with Gasteiger partial charge in [-0.2, -0.15) is 0 Å². The van der Waals surface area contributed by atoms with Gasteiger partial charge in [0.1, 0.15) is 11.6 Å². The summed E-state index contributed by atoms with van der Waals surface area (Å²) in [6, 6.07) is 26.5. The van der Waals surface area contributed by atoms with Crippen molar-refractivity contribution in [2.45, 2.75) is 64.4 Å². The number of benzene rings is 4. The maximum absolute atomic E-state index is 14.6. The molecule has 5 nitrogen and oxygen atoms in total. The minimum Gasteiger partial charge on any atom is -0.497 e. The smallest absolute Gasteiger partial charge is 0.266 e. The van der Waals surface area contributed by atoms with Crippen LogP contribution in [0.2, 0.25) is 0 Å². The third-order valence-corrected chi connectivity index (χ3v) is 9.05. The molecule has 0 bridgehead atoms. The second-order valence-electron chi connectivity index (χ2n) is 12.6. The highest BCUT2D eigenvalue weighted by Crippen LogP contribution is 2.45. The van der Waals surface area contributed by atoms with Gasteiger partial charge in [0, 0.05) is 5.56 Å². The molecular formula is C34H38N2O3S. The van der Waals surface area contributed by atoms with Crippen LogP contribution >= 0.6 is 0 Å². The van der Waals surface area contributed by atoms with E-state index in [1.807, 2.05) is 55.5 Å². The van der Waals surface area contributed by atoms with Crippen molar-refractivity contribution in [1.29, 1.82) is 0 Å². The Morgan fingerprint density at radius 3 is 2.02 bits per heavy atom. The van der Waals surface area contributed by atoms with Crippen LogP contribution in [0.3, 0.4) is 0 Å². The Morgan fingerprint density at radius 1 is 0.850 bits per heavy atom. The van der Waals surface area contributed by atoms with Crippen molar-refractivity contribution >= 4 is 26.6 Å². The summed E-state index contributed by atoms with van der Waals surface area (Å²) in [4.78, 5) is 5.53. The summed E-state index contributed by atoms with van der Waals surface area (Å²) >= 11 is 0. The van der Waals surface area contributed by atoms with E-state index in [0.29, 0.717) is 11.6 Å². The number of rotatable bonds is 6. The number of sulfonamides is 1. The first kappa shape index (κ1) is 27.9. The molecule has 4 aromatic carbocycles. The monoisotopic (exact) mass is 554 g/mol. The number of fused-ring (bicyclic) bond motifs is 2. The predicted molar refractivity (Wildman–Crippen MR) is 164 cm³/mol. The first-order valence-electron chi connectivity index (χ1n) is 13.7. The van der Waals surface area contributed by atoms with Crippen LogP contribution in [-0.4, -0.2) is 31.2 Å². The molecule has 0 saturated carbocycles. The second kappa shape index (κ2) is 10.1. The van der Waals surface area contributed by atoms with Crippen molar-refractivity contribution in [3.8, 4) is 5.75 Å². The van der Waals surface area contributed by atoms with Crippen molar-refractivity contribution < 1.29 is 13.2 Å². The molecule has 1 atom stereocenters. The number of aliphatic imine (C=N–C) groups is 1. The Kier molecular flexibility index (Phi) is 7.03. The molecule has 0 amide bonds. The van der Waals surface area contributed by atoms with Gasteiger partial charge in [0.05, 0.1) is 23.6 Å². The van der Waals surface area contributed by atoms with Gasteiger partial charge in [-0.25, -0.2) is 12.7 Å². The Morgan fingerprint density at radius 2 is 1.45 bits per heavy atom. The lowest BCUT2D eigenvalue weighted by molar-refractivity contribution is 0.287. The molecule has 1 aliphatic rings. The van der Waals surface area contributed by atoms with Crippen LogP contribution < -0.4 is 4.74 Å². The number of nitrogens with zero attached hydrogens (tertiary/aromatic N) is 2. The zero-order valence-electron chi connectivity index (χ0n) is 24.4. The zero-order valence-corrected chi connectivity index (χ0v) is 25.2. The van der Waals surface area contributed by atoms with Gasteiger partial charge in [-0.3, -0.25) is 4.99 Å². The molecule has 6 heteroatoms. The molecule has 40 heavy (non-hydrogen) atoms. The molecule has 0 aliphatic carbocycles. The molecule has 1 aliphatic heterocycles. The number of hydrogen-bond acceptors (Lipinski definition) is 4. The van der Waals surface area contributed by atoms with E-state index in [4.69, 9.17) is 9.73 Å². The van der Waals surface area contributed by atoms with E-state index in [-0.39, 0.29) is 10.3 Å². The van der Waals surface area contributed by atoms with Gasteiger partial charge in [0.25, 0.3) is 10.0 Å². The molecular weight excluding hydrogens is 516 g/mol. The number of amidine groups is 1. The van der Waals surface area contributed by atoms with Gasteiger partial charge in [-0.05, 0) is 90.9 Å². The fourth-order valence-electron chi connectivity index (χ4n) is 5.96. The quantitative estimate of drug-likeness (QED) is 0.243. The summed E-state index contributed by atoms with van der Waals surface area (Å²) in [6.45, 7) is 12.7. The van der Waals surface area contributed by atoms with Crippen LogP contribution in [0.5, 0.6) is 5.75 Å². The summed E-state index contributed by atoms with van der Waals surface area (Å²) in [6.07, 6.45) is 0.790. The average Bonchev–Trinajstić information content (AvgIpc) is 3.19. The fraction of sp³-hybridized carbons (Fsp3) is 0.324. The van der Waals surface area contributed by atoms with E-state index in [0.717, 1.165) is 39.4 Å². The van der Waals surface area contributed by atoms with Crippen molar-refractivity contribution in [1.82, 2.24) is 4.31 Å². The molecule has 208 valence electrons. The first-order chi connectivity index (χ1) is 18.8. The van der Waals surface area contributed by atoms with E-state index in [1.54, 1.807) is 23.5 Å². The minimum absolute atomic E-state index is 0.00836. The molecule has 4 aromatic rings. The Labute approximate surface area is 238 Å². The summed E-state index contributed by atoms with van der Waals surface area (Å²) in [5.41, 5.74) is 3.12. The van der Waals surface area contributed by atoms with Crippen LogP contribution in [0, 0.1) is 12.3 Å². The topological polar surface area (TPSA) is 59.0 Å². The first-order valence-corrected chi connectivity index (χ1v) is 15.1. The van der Waals surface area contributed by atoms with Gasteiger partial charge in [0.15, 0.2) is 0 Å². The maximum atomic E-state index is 14.6. The van der Waals surface area contributed by atoms with Gasteiger partial charge in [0.2, 0.25) is 0 Å². The number of aryl methyl sites for hydroxylation is 1. The highest BCUT2D eigenvalue weighted by Gasteiger charge is 2.45. The third kappa shape index (κ3) is 5.37. The predicted octanol–water partition coefficient (Wildman–Crippen LogP) is 7.91. The summed E-state index contributed by atoms with van der Waals surface area (Å²) in [5.74, 6) is 1.20. The molecule has 0 fully saturated rings. The van der Waals surface area contributed by atoms with Crippen LogP contribution in [0.25, 0.3) is 10.8 Å². The maximum Gasteiger partial charge on any atom is 0.266 e. The molecule has 0 radical (unpaired) electrons. The third-order valence-electron chi connectivity index (χ3n) is 7.28. The average molecular weight is 555 g/mol. The molecule has 5 rings (SSSR count). The summed E-state index contributed by atoms with van der Waals surface area (Å²) in [7, 11) is -2.36. The summed E-state index contributed by atoms with van der Waals surface area (Å²) in [5, 5.41) is 2.10. The van der Waals surface area contributed by atoms with E-state index in [9.17, 15) is 8.42 Å². The number of hydrogen-bond donors (Lipinski definition) is 0. The Bertz CT molecular complexity index is 1680. The highest BCUT2D eigenvalue weighted by atomic mass is 32.2. The van der Waals surface area contributed by atoms with E-state index in [2.05, 4.69) is 58.9 Å². The van der Waals surface area contributed by atoms with Gasteiger partial charge >= 0.3 is 0 Å². The number of methoxy groups -OCH3 is 1. The van der Waals surface area contributed by atoms with Gasteiger partial charge < -0.3 is 4.74 Å². The van der Waals surface area contributed by atoms with Crippen molar-refractivity contribution in [3.05, 3.63) is 107 Å². The molecule has 0 saturated heterocycles. The SMILES string of the molecule is COc1ccc(C2c3cc4ccccc4cc3C(=NC(C)(C)CC(C)(C)C)N2S(=O)(=O)c2ccc(C)cc2)cc1. The summed E-state index contributed by atoms with van der Waals surface area (Å²) < 4.78 is 36.2. The highest BCUT2D eigenvalue weighted by molar-refractivity contribution is 7.89. The van der Waals surface area contributed by atoms with E-state index >= 15 is 0 Å². The largest absolute Gasteiger partial charge is 0.497 e. The lowest BCUT2D eigenvalue weighted by Crippen LogP contribution is -2.38. The van der Waals surface area contributed by atoms with Crippen LogP contribution in [-0.2, 0) is 10.0 Å². The minimum atomic E-state index is -3.99. The fourth-order valence-corrected chi connectivity index (χ4v) is 7.54. The van der Waals surface area contributed by atoms with Gasteiger partial charge in [-0.1, -0.05) is 74.9 Å². The molecule has 0 aromatic heterocycles. The normalized spacial score (nSPS) is 16.9. The molecule has 0 spiro atoms. The van der Waals surface area contributed by atoms with Crippen LogP contribution in [0.1, 0.15) is 69.3 Å². The van der Waals surface area contributed by atoms with Crippen molar-refractivity contribution in [3.63, 3.8) is 0 Å². The Balaban J connectivity index is 1.83. The van der Waals surface area contributed by atoms with Gasteiger partial charge in [-0.15, -0.1) is 0 Å². The van der Waals surface area contributed by atoms with E-state index < -0.39 is 21.6 Å². The molecule has 0 N–H and O–H groups in total. The molecule has 1 heterocycles. The zero-order chi connectivity index (χ0) is 28.9. The second-order valence-corrected chi connectivity index (χ2v) is 14.4. The lowest BCUT2D eigenvalue weighted by Gasteiger charge is -2.32. The lowest BCUT2D eigenvalue weighted by atomic mass is 9.82. The van der Waals surface area contributed by atoms with Crippen LogP contribution in [0.15, 0.2) is 94.8 Å². The van der Waals surface area contributed by atoms with Crippen molar-refractivity contribution in [2.24, 2.45) is 10.4 Å². The Hall–Kier alpha value is -3.64. The van der Waals surface area contributed by atoms with Crippen LogP contribution in [0.4, 0.5) is 0 Å².